The van der Waals surface area contributed by atoms with Crippen LogP contribution in [-0.4, -0.2) is 69.0 Å². The van der Waals surface area contributed by atoms with Crippen molar-refractivity contribution in [2.75, 3.05) is 42.6 Å². The van der Waals surface area contributed by atoms with Crippen LogP contribution in [-0.2, 0) is 14.6 Å². The fraction of sp³-hybridized carbons (Fsp3) is 0.611. The van der Waals surface area contributed by atoms with Crippen molar-refractivity contribution in [3.8, 4) is 0 Å². The third-order valence-electron chi connectivity index (χ3n) is 5.19. The maximum absolute atomic E-state index is 12.4. The molecule has 25 heavy (non-hydrogen) atoms. The van der Waals surface area contributed by atoms with Gasteiger partial charge in [-0.2, -0.15) is 0 Å². The number of carbonyl (C=O) groups is 1. The van der Waals surface area contributed by atoms with Gasteiger partial charge in [-0.1, -0.05) is 12.1 Å². The first-order valence-corrected chi connectivity index (χ1v) is 10.7. The van der Waals surface area contributed by atoms with E-state index in [0.29, 0.717) is 6.42 Å². The summed E-state index contributed by atoms with van der Waals surface area (Å²) in [6.45, 7) is 7.42. The highest BCUT2D eigenvalue weighted by Gasteiger charge is 2.32. The number of nitrogens with zero attached hydrogens (tertiary/aromatic N) is 2. The fourth-order valence-corrected chi connectivity index (χ4v) is 5.26. The van der Waals surface area contributed by atoms with Gasteiger partial charge in [0.1, 0.15) is 0 Å². The number of nitrogens with one attached hydrogen (secondary N) is 1. The molecule has 0 unspecified atom stereocenters. The van der Waals surface area contributed by atoms with Crippen molar-refractivity contribution in [1.82, 2.24) is 10.2 Å². The van der Waals surface area contributed by atoms with Gasteiger partial charge in [-0.05, 0) is 38.0 Å². The molecule has 2 fully saturated rings. The molecule has 0 radical (unpaired) electrons. The van der Waals surface area contributed by atoms with E-state index in [2.05, 4.69) is 46.3 Å². The Morgan fingerprint density at radius 3 is 2.56 bits per heavy atom. The first kappa shape index (κ1) is 18.2. The minimum absolute atomic E-state index is 0.0638. The molecule has 3 rings (SSSR count). The van der Waals surface area contributed by atoms with Gasteiger partial charge in [0.25, 0.3) is 0 Å². The molecule has 0 aromatic heterocycles. The van der Waals surface area contributed by atoms with Crippen LogP contribution in [0.3, 0.4) is 0 Å². The number of aryl methyl sites for hydroxylation is 1. The monoisotopic (exact) mass is 365 g/mol. The normalized spacial score (nSPS) is 24.9. The van der Waals surface area contributed by atoms with Crippen molar-refractivity contribution in [3.05, 3.63) is 29.8 Å². The first-order chi connectivity index (χ1) is 11.8. The quantitative estimate of drug-likeness (QED) is 0.855. The zero-order chi connectivity index (χ0) is 18.0. The number of amides is 1. The predicted octanol–water partition coefficient (Wildman–Crippen LogP) is 0.809. The lowest BCUT2D eigenvalue weighted by Gasteiger charge is -2.38. The Kier molecular flexibility index (Phi) is 5.34. The summed E-state index contributed by atoms with van der Waals surface area (Å²) in [5.41, 5.74) is 2.48. The van der Waals surface area contributed by atoms with Crippen molar-refractivity contribution in [1.29, 1.82) is 0 Å². The molecule has 0 aliphatic carbocycles. The van der Waals surface area contributed by atoms with E-state index in [1.165, 1.54) is 11.3 Å². The van der Waals surface area contributed by atoms with Crippen molar-refractivity contribution in [2.24, 2.45) is 0 Å². The van der Waals surface area contributed by atoms with E-state index in [1.54, 1.807) is 0 Å². The summed E-state index contributed by atoms with van der Waals surface area (Å²) in [4.78, 5) is 17.0. The van der Waals surface area contributed by atoms with E-state index in [4.69, 9.17) is 0 Å². The molecule has 0 bridgehead atoms. The third kappa shape index (κ3) is 4.52. The maximum Gasteiger partial charge on any atom is 0.237 e. The topological polar surface area (TPSA) is 69.7 Å². The molecule has 0 spiro atoms. The minimum Gasteiger partial charge on any atom is -0.369 e. The molecular weight excluding hydrogens is 338 g/mol. The summed E-state index contributed by atoms with van der Waals surface area (Å²) in [5.74, 6) is 0.194. The van der Waals surface area contributed by atoms with Crippen molar-refractivity contribution >= 4 is 21.4 Å². The Bertz CT molecular complexity index is 727. The lowest BCUT2D eigenvalue weighted by atomic mass is 10.1. The molecule has 6 nitrogen and oxygen atoms in total. The van der Waals surface area contributed by atoms with E-state index >= 15 is 0 Å². The van der Waals surface area contributed by atoms with E-state index < -0.39 is 9.84 Å². The Morgan fingerprint density at radius 1 is 1.24 bits per heavy atom. The van der Waals surface area contributed by atoms with Crippen LogP contribution >= 0.6 is 0 Å². The van der Waals surface area contributed by atoms with Gasteiger partial charge >= 0.3 is 0 Å². The van der Waals surface area contributed by atoms with Crippen LogP contribution in [0.4, 0.5) is 5.69 Å². The zero-order valence-electron chi connectivity index (χ0n) is 14.9. The number of piperazine rings is 1. The number of benzene rings is 1. The maximum atomic E-state index is 12.4. The molecule has 1 aromatic rings. The number of hydrogen-bond acceptors (Lipinski definition) is 5. The summed E-state index contributed by atoms with van der Waals surface area (Å²) in [7, 11) is -2.97. The number of hydrogen-bond donors (Lipinski definition) is 1. The van der Waals surface area contributed by atoms with Crippen molar-refractivity contribution in [2.45, 2.75) is 32.4 Å². The lowest BCUT2D eigenvalue weighted by molar-refractivity contribution is -0.126. The average Bonchev–Trinajstić information content (AvgIpc) is 2.93. The highest BCUT2D eigenvalue weighted by atomic mass is 32.2. The molecule has 138 valence electrons. The molecule has 1 amide bonds. The van der Waals surface area contributed by atoms with Crippen LogP contribution in [0.1, 0.15) is 18.9 Å². The van der Waals surface area contributed by atoms with Crippen LogP contribution in [0, 0.1) is 6.92 Å². The Morgan fingerprint density at radius 2 is 1.96 bits per heavy atom. The Balaban J connectivity index is 1.51. The molecule has 2 saturated heterocycles. The van der Waals surface area contributed by atoms with Gasteiger partial charge in [-0.25, -0.2) is 8.42 Å². The van der Waals surface area contributed by atoms with E-state index in [-0.39, 0.29) is 29.5 Å². The standard InChI is InChI=1S/C18H27N3O3S/c1-14-4-3-5-17(12-14)21-9-7-20(8-10-21)15(2)18(22)19-16-6-11-25(23,24)13-16/h3-5,12,15-16H,6-11,13H2,1-2H3,(H,19,22)/t15-,16-/m1/s1. The van der Waals surface area contributed by atoms with Gasteiger partial charge in [-0.15, -0.1) is 0 Å². The zero-order valence-corrected chi connectivity index (χ0v) is 15.8. The SMILES string of the molecule is Cc1cccc(N2CCN([C@H](C)C(=O)N[C@@H]3CCS(=O)(=O)C3)CC2)c1. The fourth-order valence-electron chi connectivity index (χ4n) is 3.59. The number of carbonyl (C=O) groups excluding carboxylic acids is 1. The Labute approximate surface area is 150 Å². The van der Waals surface area contributed by atoms with E-state index in [1.807, 2.05) is 6.92 Å². The summed E-state index contributed by atoms with van der Waals surface area (Å²) >= 11 is 0. The predicted molar refractivity (Wildman–Crippen MR) is 99.6 cm³/mol. The second kappa shape index (κ2) is 7.33. The first-order valence-electron chi connectivity index (χ1n) is 8.90. The van der Waals surface area contributed by atoms with Gasteiger partial charge < -0.3 is 10.2 Å². The Hall–Kier alpha value is -1.60. The van der Waals surface area contributed by atoms with Gasteiger partial charge in [0, 0.05) is 37.9 Å². The molecule has 2 aliphatic heterocycles. The minimum atomic E-state index is -2.97. The van der Waals surface area contributed by atoms with Crippen molar-refractivity contribution in [3.63, 3.8) is 0 Å². The molecule has 2 heterocycles. The summed E-state index contributed by atoms with van der Waals surface area (Å²) in [6, 6.07) is 8.01. The van der Waals surface area contributed by atoms with Gasteiger partial charge in [0.05, 0.1) is 17.5 Å². The van der Waals surface area contributed by atoms with Crippen molar-refractivity contribution < 1.29 is 13.2 Å². The molecule has 7 heteroatoms. The smallest absolute Gasteiger partial charge is 0.237 e. The van der Waals surface area contributed by atoms with Gasteiger partial charge in [-0.3, -0.25) is 9.69 Å². The lowest BCUT2D eigenvalue weighted by Crippen LogP contribution is -2.55. The molecule has 1 N–H and O–H groups in total. The summed E-state index contributed by atoms with van der Waals surface area (Å²) in [5, 5.41) is 2.91. The molecule has 1 aromatic carbocycles. The van der Waals surface area contributed by atoms with Gasteiger partial charge in [0.2, 0.25) is 5.91 Å². The third-order valence-corrected chi connectivity index (χ3v) is 6.95. The molecule has 0 saturated carbocycles. The van der Waals surface area contributed by atoms with Crippen LogP contribution in [0.25, 0.3) is 0 Å². The van der Waals surface area contributed by atoms with Gasteiger partial charge in [0.15, 0.2) is 9.84 Å². The second-order valence-corrected chi connectivity index (χ2v) is 9.38. The number of rotatable bonds is 4. The highest BCUT2D eigenvalue weighted by Crippen LogP contribution is 2.19. The number of anilines is 1. The highest BCUT2D eigenvalue weighted by molar-refractivity contribution is 7.91. The molecule has 2 atom stereocenters. The van der Waals surface area contributed by atoms with Crippen LogP contribution in [0.15, 0.2) is 24.3 Å². The largest absolute Gasteiger partial charge is 0.369 e. The van der Waals surface area contributed by atoms with Crippen LogP contribution in [0.2, 0.25) is 0 Å². The summed E-state index contributed by atoms with van der Waals surface area (Å²) < 4.78 is 23.0. The van der Waals surface area contributed by atoms with Crippen LogP contribution in [0.5, 0.6) is 0 Å². The molecule has 2 aliphatic rings. The second-order valence-electron chi connectivity index (χ2n) is 7.15. The number of sulfone groups is 1. The van der Waals surface area contributed by atoms with Crippen LogP contribution < -0.4 is 10.2 Å². The average molecular weight is 365 g/mol. The van der Waals surface area contributed by atoms with E-state index in [9.17, 15) is 13.2 Å². The summed E-state index contributed by atoms with van der Waals surface area (Å²) in [6.07, 6.45) is 0.530. The van der Waals surface area contributed by atoms with E-state index in [0.717, 1.165) is 26.2 Å². The molecular formula is C18H27N3O3S.